The molecular weight excluding hydrogens is 215 g/mol. The van der Waals surface area contributed by atoms with Crippen LogP contribution in [0.5, 0.6) is 0 Å². The Balaban J connectivity index is 2.08. The van der Waals surface area contributed by atoms with Gasteiger partial charge in [-0.25, -0.2) is 0 Å². The number of aryl methyl sites for hydroxylation is 1. The second-order valence-corrected chi connectivity index (χ2v) is 5.42. The molecule has 1 aliphatic rings. The van der Waals surface area contributed by atoms with E-state index in [-0.39, 0.29) is 18.3 Å². The third kappa shape index (κ3) is 2.33. The van der Waals surface area contributed by atoms with E-state index in [0.717, 1.165) is 11.3 Å². The normalized spacial score (nSPS) is 22.5. The van der Waals surface area contributed by atoms with Gasteiger partial charge in [-0.3, -0.25) is 0 Å². The monoisotopic (exact) mass is 234 g/mol. The Labute approximate surface area is 103 Å². The number of rotatable bonds is 2. The van der Waals surface area contributed by atoms with Gasteiger partial charge in [0.15, 0.2) is 0 Å². The van der Waals surface area contributed by atoms with Crippen LogP contribution in [0.25, 0.3) is 6.08 Å². The Kier molecular flexibility index (Phi) is 2.96. The Morgan fingerprint density at radius 2 is 1.71 bits per heavy atom. The second kappa shape index (κ2) is 4.04. The van der Waals surface area contributed by atoms with Gasteiger partial charge in [0.05, 0.1) is 17.5 Å². The molecular formula is C13H19BO3. The minimum absolute atomic E-state index is 0.284. The molecule has 0 aliphatic carbocycles. The van der Waals surface area contributed by atoms with Gasteiger partial charge in [-0.2, -0.15) is 0 Å². The van der Waals surface area contributed by atoms with Crippen molar-refractivity contribution < 1.29 is 13.7 Å². The smallest absolute Gasteiger partial charge is 0.469 e. The first-order chi connectivity index (χ1) is 7.82. The summed E-state index contributed by atoms with van der Waals surface area (Å²) in [6, 6.07) is 1.93. The van der Waals surface area contributed by atoms with E-state index in [9.17, 15) is 0 Å². The standard InChI is InChI=1S/C13H19BO3/c1-10-11(7-9-15-10)6-8-14-16-12(2,3)13(4,5)17-14/h6-9H,1-5H3/b8-6+. The Morgan fingerprint density at radius 3 is 2.18 bits per heavy atom. The van der Waals surface area contributed by atoms with Crippen molar-refractivity contribution in [3.63, 3.8) is 0 Å². The van der Waals surface area contributed by atoms with Gasteiger partial charge in [0.25, 0.3) is 0 Å². The molecule has 1 aromatic heterocycles. The van der Waals surface area contributed by atoms with Crippen molar-refractivity contribution in [2.75, 3.05) is 0 Å². The number of hydrogen-bond donors (Lipinski definition) is 0. The first kappa shape index (κ1) is 12.5. The largest absolute Gasteiger partial charge is 0.487 e. The summed E-state index contributed by atoms with van der Waals surface area (Å²) >= 11 is 0. The molecule has 1 aromatic rings. The van der Waals surface area contributed by atoms with Crippen molar-refractivity contribution in [3.8, 4) is 0 Å². The van der Waals surface area contributed by atoms with Crippen LogP contribution in [-0.4, -0.2) is 18.3 Å². The van der Waals surface area contributed by atoms with Crippen molar-refractivity contribution in [3.05, 3.63) is 29.6 Å². The van der Waals surface area contributed by atoms with Gasteiger partial charge in [-0.05, 0) is 40.7 Å². The molecule has 0 spiro atoms. The van der Waals surface area contributed by atoms with E-state index in [1.807, 2.05) is 52.7 Å². The lowest BCUT2D eigenvalue weighted by Gasteiger charge is -2.32. The maximum absolute atomic E-state index is 5.86. The summed E-state index contributed by atoms with van der Waals surface area (Å²) in [4.78, 5) is 0. The lowest BCUT2D eigenvalue weighted by atomic mass is 9.89. The SMILES string of the molecule is Cc1occc1/C=C/B1OC(C)(C)C(C)(C)O1. The van der Waals surface area contributed by atoms with Gasteiger partial charge in [0.1, 0.15) is 5.76 Å². The van der Waals surface area contributed by atoms with E-state index in [2.05, 4.69) is 0 Å². The number of hydrogen-bond acceptors (Lipinski definition) is 3. The fraction of sp³-hybridized carbons (Fsp3) is 0.538. The fourth-order valence-electron chi connectivity index (χ4n) is 1.72. The van der Waals surface area contributed by atoms with Crippen molar-refractivity contribution in [1.82, 2.24) is 0 Å². The van der Waals surface area contributed by atoms with E-state index >= 15 is 0 Å². The molecule has 1 saturated heterocycles. The minimum Gasteiger partial charge on any atom is -0.469 e. The van der Waals surface area contributed by atoms with E-state index in [1.54, 1.807) is 6.26 Å². The Morgan fingerprint density at radius 1 is 1.12 bits per heavy atom. The highest BCUT2D eigenvalue weighted by Gasteiger charge is 2.49. The van der Waals surface area contributed by atoms with Gasteiger partial charge in [-0.1, -0.05) is 12.1 Å². The molecule has 0 unspecified atom stereocenters. The van der Waals surface area contributed by atoms with Crippen molar-refractivity contribution in [2.24, 2.45) is 0 Å². The average Bonchev–Trinajstić information content (AvgIpc) is 2.66. The van der Waals surface area contributed by atoms with Gasteiger partial charge >= 0.3 is 7.12 Å². The first-order valence-electron chi connectivity index (χ1n) is 5.90. The Bertz CT molecular complexity index is 416. The molecule has 0 bridgehead atoms. The molecule has 0 aromatic carbocycles. The zero-order valence-corrected chi connectivity index (χ0v) is 11.1. The summed E-state index contributed by atoms with van der Waals surface area (Å²) < 4.78 is 17.0. The zero-order chi connectivity index (χ0) is 12.7. The van der Waals surface area contributed by atoms with E-state index in [4.69, 9.17) is 13.7 Å². The molecule has 3 nitrogen and oxygen atoms in total. The predicted octanol–water partition coefficient (Wildman–Crippen LogP) is 3.23. The molecule has 0 saturated carbocycles. The van der Waals surface area contributed by atoms with Crippen LogP contribution in [0.2, 0.25) is 0 Å². The molecule has 0 atom stereocenters. The lowest BCUT2D eigenvalue weighted by molar-refractivity contribution is 0.00578. The molecule has 2 rings (SSSR count). The molecule has 17 heavy (non-hydrogen) atoms. The van der Waals surface area contributed by atoms with Crippen LogP contribution in [0.3, 0.4) is 0 Å². The van der Waals surface area contributed by atoms with Crippen LogP contribution in [-0.2, 0) is 9.31 Å². The van der Waals surface area contributed by atoms with E-state index in [0.29, 0.717) is 0 Å². The lowest BCUT2D eigenvalue weighted by Crippen LogP contribution is -2.41. The van der Waals surface area contributed by atoms with Gasteiger partial charge in [0, 0.05) is 5.56 Å². The highest BCUT2D eigenvalue weighted by Crippen LogP contribution is 2.37. The zero-order valence-electron chi connectivity index (χ0n) is 11.1. The van der Waals surface area contributed by atoms with Crippen LogP contribution >= 0.6 is 0 Å². The van der Waals surface area contributed by atoms with Crippen LogP contribution in [0.1, 0.15) is 39.0 Å². The van der Waals surface area contributed by atoms with Gasteiger partial charge in [0.2, 0.25) is 0 Å². The topological polar surface area (TPSA) is 31.6 Å². The summed E-state index contributed by atoms with van der Waals surface area (Å²) in [7, 11) is -0.297. The van der Waals surface area contributed by atoms with Crippen LogP contribution in [0.4, 0.5) is 0 Å². The molecule has 0 radical (unpaired) electrons. The quantitative estimate of drug-likeness (QED) is 0.736. The first-order valence-corrected chi connectivity index (χ1v) is 5.90. The molecule has 4 heteroatoms. The third-order valence-electron chi connectivity index (χ3n) is 3.60. The second-order valence-electron chi connectivity index (χ2n) is 5.42. The minimum atomic E-state index is -0.297. The summed E-state index contributed by atoms with van der Waals surface area (Å²) in [5.74, 6) is 2.83. The molecule has 2 heterocycles. The maximum Gasteiger partial charge on any atom is 0.487 e. The number of furan rings is 1. The predicted molar refractivity (Wildman–Crippen MR) is 68.6 cm³/mol. The molecule has 92 valence electrons. The summed E-state index contributed by atoms with van der Waals surface area (Å²) in [5, 5.41) is 0. The van der Waals surface area contributed by atoms with Crippen LogP contribution in [0, 0.1) is 6.92 Å². The molecule has 0 amide bonds. The average molecular weight is 234 g/mol. The van der Waals surface area contributed by atoms with Gasteiger partial charge < -0.3 is 13.7 Å². The molecule has 0 N–H and O–H groups in total. The third-order valence-corrected chi connectivity index (χ3v) is 3.60. The van der Waals surface area contributed by atoms with Crippen molar-refractivity contribution in [2.45, 2.75) is 45.8 Å². The van der Waals surface area contributed by atoms with Crippen molar-refractivity contribution >= 4 is 13.2 Å². The van der Waals surface area contributed by atoms with E-state index in [1.165, 1.54) is 0 Å². The maximum atomic E-state index is 5.86. The molecule has 1 fully saturated rings. The summed E-state index contributed by atoms with van der Waals surface area (Å²) in [6.07, 6.45) is 3.65. The summed E-state index contributed by atoms with van der Waals surface area (Å²) in [5.41, 5.74) is 0.487. The van der Waals surface area contributed by atoms with Crippen LogP contribution in [0.15, 0.2) is 22.7 Å². The molecule has 1 aliphatic heterocycles. The summed E-state index contributed by atoms with van der Waals surface area (Å²) in [6.45, 7) is 10.1. The fourth-order valence-corrected chi connectivity index (χ4v) is 1.72. The Hall–Kier alpha value is -0.995. The highest BCUT2D eigenvalue weighted by atomic mass is 16.7. The van der Waals surface area contributed by atoms with Crippen LogP contribution < -0.4 is 0 Å². The van der Waals surface area contributed by atoms with Gasteiger partial charge in [-0.15, -0.1) is 0 Å². The van der Waals surface area contributed by atoms with E-state index < -0.39 is 0 Å². The highest BCUT2D eigenvalue weighted by molar-refractivity contribution is 6.52. The van der Waals surface area contributed by atoms with Crippen molar-refractivity contribution in [1.29, 1.82) is 0 Å².